The number of nitrogens with one attached hydrogen (secondary N) is 2. The number of primary amides is 1. The Morgan fingerprint density at radius 2 is 1.88 bits per heavy atom. The van der Waals surface area contributed by atoms with Gasteiger partial charge in [0.15, 0.2) is 11.7 Å². The summed E-state index contributed by atoms with van der Waals surface area (Å²) in [5.74, 6) is -0.349. The summed E-state index contributed by atoms with van der Waals surface area (Å²) in [6.07, 6.45) is 0. The zero-order valence-electron chi connectivity index (χ0n) is 14.0. The number of rotatable bonds is 5. The van der Waals surface area contributed by atoms with E-state index in [-0.39, 0.29) is 17.3 Å². The van der Waals surface area contributed by atoms with Crippen molar-refractivity contribution < 1.29 is 14.3 Å². The van der Waals surface area contributed by atoms with E-state index in [2.05, 4.69) is 10.6 Å². The van der Waals surface area contributed by atoms with E-state index in [1.165, 1.54) is 0 Å². The van der Waals surface area contributed by atoms with E-state index in [4.69, 9.17) is 22.7 Å². The van der Waals surface area contributed by atoms with Crippen molar-refractivity contribution in [2.24, 2.45) is 5.73 Å². The lowest BCUT2D eigenvalue weighted by Crippen LogP contribution is -2.37. The molecule has 0 heterocycles. The molecule has 0 atom stereocenters. The fraction of sp³-hybridized carbons (Fsp3) is 0.167. The van der Waals surface area contributed by atoms with Crippen molar-refractivity contribution in [1.29, 1.82) is 0 Å². The van der Waals surface area contributed by atoms with Crippen molar-refractivity contribution in [3.8, 4) is 5.75 Å². The Kier molecular flexibility index (Phi) is 6.08. The third kappa shape index (κ3) is 5.29. The van der Waals surface area contributed by atoms with E-state index in [1.54, 1.807) is 24.3 Å². The van der Waals surface area contributed by atoms with Crippen molar-refractivity contribution in [3.05, 3.63) is 59.2 Å². The summed E-state index contributed by atoms with van der Waals surface area (Å²) in [7, 11) is 0. The van der Waals surface area contributed by atoms with Crippen LogP contribution in [-0.4, -0.2) is 23.5 Å². The minimum Gasteiger partial charge on any atom is -0.483 e. The van der Waals surface area contributed by atoms with E-state index < -0.39 is 11.8 Å². The van der Waals surface area contributed by atoms with Crippen LogP contribution in [0.5, 0.6) is 5.75 Å². The Balaban J connectivity index is 1.91. The first-order valence-corrected chi connectivity index (χ1v) is 7.97. The molecule has 0 spiro atoms. The number of hydrogen-bond donors (Lipinski definition) is 3. The summed E-state index contributed by atoms with van der Waals surface area (Å²) in [6.45, 7) is 3.67. The molecule has 0 saturated carbocycles. The minimum absolute atomic E-state index is 0.0586. The van der Waals surface area contributed by atoms with E-state index >= 15 is 0 Å². The number of amides is 2. The van der Waals surface area contributed by atoms with E-state index in [0.29, 0.717) is 11.4 Å². The van der Waals surface area contributed by atoms with Gasteiger partial charge < -0.3 is 15.8 Å². The zero-order valence-corrected chi connectivity index (χ0v) is 14.8. The molecule has 4 N–H and O–H groups in total. The molecule has 6 nitrogen and oxygen atoms in total. The average molecular weight is 357 g/mol. The lowest BCUT2D eigenvalue weighted by Gasteiger charge is -2.13. The fourth-order valence-corrected chi connectivity index (χ4v) is 2.35. The summed E-state index contributed by atoms with van der Waals surface area (Å²) < 4.78 is 5.52. The molecule has 0 radical (unpaired) electrons. The molecule has 0 unspecified atom stereocenters. The van der Waals surface area contributed by atoms with Crippen LogP contribution in [0.25, 0.3) is 0 Å². The lowest BCUT2D eigenvalue weighted by molar-refractivity contribution is -0.121. The molecule has 130 valence electrons. The molecule has 0 aromatic heterocycles. The monoisotopic (exact) mass is 357 g/mol. The molecule has 2 rings (SSSR count). The van der Waals surface area contributed by atoms with Gasteiger partial charge in [-0.2, -0.15) is 0 Å². The fourth-order valence-electron chi connectivity index (χ4n) is 2.13. The molecule has 25 heavy (non-hydrogen) atoms. The standard InChI is InChI=1S/C18H19N3O3S/c1-11-7-8-12(2)15(9-11)24-10-16(22)21-18(25)20-14-6-4-3-5-13(14)17(19)23/h3-9H,10H2,1-2H3,(H2,19,23)(H2,20,21,22,25). The first-order chi connectivity index (χ1) is 11.9. The summed E-state index contributed by atoms with van der Waals surface area (Å²) in [4.78, 5) is 23.4. The maximum Gasteiger partial charge on any atom is 0.264 e. The van der Waals surface area contributed by atoms with Gasteiger partial charge in [-0.1, -0.05) is 24.3 Å². The SMILES string of the molecule is Cc1ccc(C)c(OCC(=O)NC(=S)Nc2ccccc2C(N)=O)c1. The predicted octanol–water partition coefficient (Wildman–Crippen LogP) is 2.29. The summed E-state index contributed by atoms with van der Waals surface area (Å²) in [5, 5.41) is 5.35. The topological polar surface area (TPSA) is 93.4 Å². The van der Waals surface area contributed by atoms with Crippen LogP contribution in [0.3, 0.4) is 0 Å². The second-order valence-electron chi connectivity index (χ2n) is 5.47. The van der Waals surface area contributed by atoms with E-state index in [1.807, 2.05) is 32.0 Å². The highest BCUT2D eigenvalue weighted by Crippen LogP contribution is 2.19. The summed E-state index contributed by atoms with van der Waals surface area (Å²) >= 11 is 5.09. The number of carbonyl (C=O) groups is 2. The van der Waals surface area contributed by atoms with Crippen LogP contribution in [0.15, 0.2) is 42.5 Å². The van der Waals surface area contributed by atoms with Gasteiger partial charge in [-0.05, 0) is 55.4 Å². The van der Waals surface area contributed by atoms with Gasteiger partial charge in [-0.25, -0.2) is 0 Å². The normalized spacial score (nSPS) is 10.0. The Morgan fingerprint density at radius 1 is 1.16 bits per heavy atom. The maximum absolute atomic E-state index is 12.0. The smallest absolute Gasteiger partial charge is 0.264 e. The van der Waals surface area contributed by atoms with Crippen LogP contribution in [0.1, 0.15) is 21.5 Å². The molecule has 0 fully saturated rings. The van der Waals surface area contributed by atoms with Crippen LogP contribution < -0.4 is 21.1 Å². The van der Waals surface area contributed by atoms with Crippen LogP contribution in [-0.2, 0) is 4.79 Å². The van der Waals surface area contributed by atoms with Gasteiger partial charge in [0.25, 0.3) is 11.8 Å². The van der Waals surface area contributed by atoms with Crippen molar-refractivity contribution in [1.82, 2.24) is 5.32 Å². The summed E-state index contributed by atoms with van der Waals surface area (Å²) in [5.41, 5.74) is 7.99. The van der Waals surface area contributed by atoms with E-state index in [9.17, 15) is 9.59 Å². The largest absolute Gasteiger partial charge is 0.483 e. The van der Waals surface area contributed by atoms with Gasteiger partial charge in [0.1, 0.15) is 5.75 Å². The van der Waals surface area contributed by atoms with Gasteiger partial charge in [0.05, 0.1) is 11.3 Å². The van der Waals surface area contributed by atoms with Crippen molar-refractivity contribution >= 4 is 34.8 Å². The second-order valence-corrected chi connectivity index (χ2v) is 5.88. The number of ether oxygens (including phenoxy) is 1. The Bertz CT molecular complexity index is 821. The lowest BCUT2D eigenvalue weighted by atomic mass is 10.1. The Hall–Kier alpha value is -2.93. The van der Waals surface area contributed by atoms with Crippen LogP contribution >= 0.6 is 12.2 Å². The molecule has 0 saturated heterocycles. The van der Waals surface area contributed by atoms with Gasteiger partial charge >= 0.3 is 0 Å². The van der Waals surface area contributed by atoms with Gasteiger partial charge in [0.2, 0.25) is 0 Å². The average Bonchev–Trinajstić information content (AvgIpc) is 2.56. The number of anilines is 1. The third-order valence-corrected chi connectivity index (χ3v) is 3.60. The molecular formula is C18H19N3O3S. The maximum atomic E-state index is 12.0. The van der Waals surface area contributed by atoms with Crippen LogP contribution in [0.2, 0.25) is 0 Å². The highest BCUT2D eigenvalue weighted by atomic mass is 32.1. The van der Waals surface area contributed by atoms with Crippen LogP contribution in [0.4, 0.5) is 5.69 Å². The number of para-hydroxylation sites is 1. The van der Waals surface area contributed by atoms with Crippen molar-refractivity contribution in [3.63, 3.8) is 0 Å². The molecule has 0 aliphatic carbocycles. The molecular weight excluding hydrogens is 338 g/mol. The molecule has 0 aliphatic heterocycles. The van der Waals surface area contributed by atoms with Gasteiger partial charge in [-0.15, -0.1) is 0 Å². The minimum atomic E-state index is -0.588. The molecule has 7 heteroatoms. The quantitative estimate of drug-likeness (QED) is 0.714. The van der Waals surface area contributed by atoms with Gasteiger partial charge in [0, 0.05) is 0 Å². The van der Waals surface area contributed by atoms with Crippen molar-refractivity contribution in [2.75, 3.05) is 11.9 Å². The first kappa shape index (κ1) is 18.4. The summed E-state index contributed by atoms with van der Waals surface area (Å²) in [6, 6.07) is 12.4. The number of thiocarbonyl (C=S) groups is 1. The number of aryl methyl sites for hydroxylation is 2. The molecule has 0 bridgehead atoms. The number of benzene rings is 2. The second kappa shape index (κ2) is 8.25. The highest BCUT2D eigenvalue weighted by molar-refractivity contribution is 7.80. The van der Waals surface area contributed by atoms with Gasteiger partial charge in [-0.3, -0.25) is 14.9 Å². The Labute approximate surface area is 151 Å². The highest BCUT2D eigenvalue weighted by Gasteiger charge is 2.11. The molecule has 2 aromatic rings. The predicted molar refractivity (Wildman–Crippen MR) is 101 cm³/mol. The van der Waals surface area contributed by atoms with E-state index in [0.717, 1.165) is 11.1 Å². The third-order valence-electron chi connectivity index (χ3n) is 3.40. The molecule has 0 aliphatic rings. The zero-order chi connectivity index (χ0) is 18.4. The number of hydrogen-bond acceptors (Lipinski definition) is 4. The number of carbonyl (C=O) groups excluding carboxylic acids is 2. The Morgan fingerprint density at radius 3 is 2.60 bits per heavy atom. The first-order valence-electron chi connectivity index (χ1n) is 7.56. The van der Waals surface area contributed by atoms with Crippen molar-refractivity contribution in [2.45, 2.75) is 13.8 Å². The molecule has 2 aromatic carbocycles. The van der Waals surface area contributed by atoms with Crippen LogP contribution in [0, 0.1) is 13.8 Å². The number of nitrogens with two attached hydrogens (primary N) is 1. The molecule has 2 amide bonds.